The van der Waals surface area contributed by atoms with E-state index in [0.29, 0.717) is 11.4 Å². The molecule has 42 heavy (non-hydrogen) atoms. The molecule has 13 heteroatoms. The van der Waals surface area contributed by atoms with E-state index in [1.807, 2.05) is 43.6 Å². The van der Waals surface area contributed by atoms with Crippen LogP contribution in [0.4, 0.5) is 15.8 Å². The summed E-state index contributed by atoms with van der Waals surface area (Å²) >= 11 is 5.92. The van der Waals surface area contributed by atoms with Crippen LogP contribution < -0.4 is 10.2 Å². The molecule has 0 bridgehead atoms. The van der Waals surface area contributed by atoms with E-state index in [4.69, 9.17) is 11.6 Å². The molecular weight excluding hydrogens is 563 g/mol. The predicted octanol–water partition coefficient (Wildman–Crippen LogP) is 3.37. The molecule has 0 aliphatic carbocycles. The van der Waals surface area contributed by atoms with Crippen molar-refractivity contribution in [2.75, 3.05) is 23.3 Å². The number of nitrogens with zero attached hydrogens (tertiary/aromatic N) is 7. The molecule has 3 aromatic carbocycles. The lowest BCUT2D eigenvalue weighted by atomic mass is 10.0. The Balaban J connectivity index is 1.29. The molecule has 6 rings (SSSR count). The van der Waals surface area contributed by atoms with E-state index >= 15 is 0 Å². The second-order valence-electron chi connectivity index (χ2n) is 9.89. The van der Waals surface area contributed by atoms with Gasteiger partial charge in [0.25, 0.3) is 0 Å². The molecule has 11 nitrogen and oxygen atoms in total. The van der Waals surface area contributed by atoms with E-state index in [-0.39, 0.29) is 23.8 Å². The number of aromatic nitrogens is 5. The molecule has 3 heterocycles. The first-order valence-corrected chi connectivity index (χ1v) is 13.4. The first-order chi connectivity index (χ1) is 20.2. The highest BCUT2D eigenvalue weighted by atomic mass is 35.5. The minimum atomic E-state index is -0.989. The van der Waals surface area contributed by atoms with Gasteiger partial charge in [0.05, 0.1) is 23.1 Å². The van der Waals surface area contributed by atoms with Gasteiger partial charge < -0.3 is 10.2 Å². The molecular formula is C29H24ClFN8O3. The van der Waals surface area contributed by atoms with E-state index in [1.165, 1.54) is 32.8 Å². The van der Waals surface area contributed by atoms with Crippen molar-refractivity contribution in [1.82, 2.24) is 29.7 Å². The van der Waals surface area contributed by atoms with E-state index in [9.17, 15) is 18.8 Å². The lowest BCUT2D eigenvalue weighted by Gasteiger charge is -2.38. The standard InChI is InChI=1S/C29H24ClFN8O3/c1-36-14-19-12-21(8-9-22(19)34-36)32-29(42)25(11-18-5-3-2-4-6-18)38-17-27(40)37(16-28(38)41)24-13-20(31)7-10-23(24)39-15-26(30)33-35-39/h2-10,12-15,25H,11,16-17H2,1H3,(H,32,42). The van der Waals surface area contributed by atoms with Crippen LogP contribution in [0.3, 0.4) is 0 Å². The fourth-order valence-corrected chi connectivity index (χ4v) is 5.17. The molecule has 1 unspecified atom stereocenters. The fraction of sp³-hybridized carbons (Fsp3) is 0.172. The lowest BCUT2D eigenvalue weighted by molar-refractivity contribution is -0.143. The van der Waals surface area contributed by atoms with Crippen LogP contribution in [0.15, 0.2) is 79.1 Å². The smallest absolute Gasteiger partial charge is 0.247 e. The van der Waals surface area contributed by atoms with Crippen LogP contribution in [0.5, 0.6) is 0 Å². The summed E-state index contributed by atoms with van der Waals surface area (Å²) in [4.78, 5) is 43.3. The van der Waals surface area contributed by atoms with Gasteiger partial charge >= 0.3 is 0 Å². The second-order valence-corrected chi connectivity index (χ2v) is 10.3. The predicted molar refractivity (Wildman–Crippen MR) is 154 cm³/mol. The van der Waals surface area contributed by atoms with Crippen LogP contribution >= 0.6 is 11.6 Å². The third-order valence-corrected chi connectivity index (χ3v) is 7.17. The van der Waals surface area contributed by atoms with Crippen molar-refractivity contribution in [2.24, 2.45) is 7.05 Å². The molecule has 0 spiro atoms. The molecule has 0 saturated carbocycles. The molecule has 3 amide bonds. The van der Waals surface area contributed by atoms with Crippen molar-refractivity contribution < 1.29 is 18.8 Å². The van der Waals surface area contributed by atoms with Crippen molar-refractivity contribution in [1.29, 1.82) is 0 Å². The van der Waals surface area contributed by atoms with E-state index in [0.717, 1.165) is 22.5 Å². The summed E-state index contributed by atoms with van der Waals surface area (Å²) < 4.78 is 17.3. The zero-order chi connectivity index (χ0) is 29.4. The lowest BCUT2D eigenvalue weighted by Crippen LogP contribution is -2.60. The molecule has 1 aliphatic heterocycles. The van der Waals surface area contributed by atoms with Gasteiger partial charge in [-0.15, -0.1) is 5.10 Å². The van der Waals surface area contributed by atoms with Gasteiger partial charge in [-0.1, -0.05) is 47.1 Å². The quantitative estimate of drug-likeness (QED) is 0.312. The molecule has 1 saturated heterocycles. The summed E-state index contributed by atoms with van der Waals surface area (Å²) in [7, 11) is 1.81. The molecule has 1 N–H and O–H groups in total. The Morgan fingerprint density at radius 1 is 1.00 bits per heavy atom. The van der Waals surface area contributed by atoms with Crippen LogP contribution in [-0.4, -0.2) is 66.5 Å². The maximum absolute atomic E-state index is 14.3. The van der Waals surface area contributed by atoms with Crippen LogP contribution in [0.1, 0.15) is 5.56 Å². The Labute approximate surface area is 244 Å². The zero-order valence-corrected chi connectivity index (χ0v) is 23.1. The van der Waals surface area contributed by atoms with Crippen LogP contribution in [0, 0.1) is 5.82 Å². The van der Waals surface area contributed by atoms with Crippen molar-refractivity contribution in [3.63, 3.8) is 0 Å². The summed E-state index contributed by atoms with van der Waals surface area (Å²) in [6.07, 6.45) is 3.43. The van der Waals surface area contributed by atoms with Gasteiger partial charge in [-0.25, -0.2) is 9.07 Å². The average molecular weight is 587 g/mol. The topological polar surface area (TPSA) is 118 Å². The number of rotatable bonds is 7. The fourth-order valence-electron chi connectivity index (χ4n) is 5.04. The number of carbonyl (C=O) groups excluding carboxylic acids is 3. The van der Waals surface area contributed by atoms with Crippen LogP contribution in [-0.2, 0) is 27.9 Å². The number of hydrogen-bond donors (Lipinski definition) is 1. The number of amides is 3. The van der Waals surface area contributed by atoms with Gasteiger partial charge in [0.2, 0.25) is 17.7 Å². The van der Waals surface area contributed by atoms with Crippen LogP contribution in [0.2, 0.25) is 5.15 Å². The third-order valence-electron chi connectivity index (χ3n) is 7.00. The summed E-state index contributed by atoms with van der Waals surface area (Å²) in [5.41, 5.74) is 2.57. The highest BCUT2D eigenvalue weighted by Gasteiger charge is 2.39. The first-order valence-electron chi connectivity index (χ1n) is 13.0. The summed E-state index contributed by atoms with van der Waals surface area (Å²) in [5, 5.41) is 15.9. The summed E-state index contributed by atoms with van der Waals surface area (Å²) in [5.74, 6) is -2.01. The number of piperazine rings is 1. The monoisotopic (exact) mass is 586 g/mol. The van der Waals surface area contributed by atoms with Gasteiger partial charge in [0, 0.05) is 30.7 Å². The maximum Gasteiger partial charge on any atom is 0.247 e. The number of aryl methyl sites for hydroxylation is 1. The van der Waals surface area contributed by atoms with Crippen molar-refractivity contribution in [2.45, 2.75) is 12.5 Å². The number of carbonyl (C=O) groups is 3. The van der Waals surface area contributed by atoms with E-state index in [1.54, 1.807) is 22.9 Å². The normalized spacial score (nSPS) is 14.5. The van der Waals surface area contributed by atoms with Crippen molar-refractivity contribution in [3.05, 3.63) is 95.7 Å². The molecule has 1 aliphatic rings. The second kappa shape index (κ2) is 11.1. The van der Waals surface area contributed by atoms with Gasteiger partial charge in [-0.05, 0) is 42.0 Å². The molecule has 1 fully saturated rings. The highest BCUT2D eigenvalue weighted by Crippen LogP contribution is 2.29. The number of nitrogens with one attached hydrogen (secondary N) is 1. The Morgan fingerprint density at radius 3 is 2.57 bits per heavy atom. The molecule has 1 atom stereocenters. The Bertz CT molecular complexity index is 1820. The third kappa shape index (κ3) is 5.44. The Kier molecular flexibility index (Phi) is 7.13. The number of fused-ring (bicyclic) bond motifs is 1. The van der Waals surface area contributed by atoms with Gasteiger partial charge in [-0.2, -0.15) is 5.10 Å². The van der Waals surface area contributed by atoms with Crippen LogP contribution in [0.25, 0.3) is 16.6 Å². The number of hydrogen-bond acceptors (Lipinski definition) is 6. The highest BCUT2D eigenvalue weighted by molar-refractivity contribution is 6.29. The summed E-state index contributed by atoms with van der Waals surface area (Å²) in [6.45, 7) is -0.794. The maximum atomic E-state index is 14.3. The van der Waals surface area contributed by atoms with Gasteiger partial charge in [0.15, 0.2) is 5.15 Å². The Hall–Kier alpha value is -5.10. The molecule has 5 aromatic rings. The number of anilines is 2. The largest absolute Gasteiger partial charge is 0.324 e. The average Bonchev–Trinajstić information content (AvgIpc) is 3.57. The SMILES string of the molecule is Cn1cc2cc(NC(=O)C(Cc3ccccc3)N3CC(=O)N(c4cc(F)ccc4-n4cc(Cl)nn4)CC3=O)ccc2n1. The number of benzene rings is 3. The minimum absolute atomic E-state index is 0.106. The molecule has 0 radical (unpaired) electrons. The Morgan fingerprint density at radius 2 is 1.81 bits per heavy atom. The van der Waals surface area contributed by atoms with E-state index in [2.05, 4.69) is 20.7 Å². The summed E-state index contributed by atoms with van der Waals surface area (Å²) in [6, 6.07) is 17.4. The van der Waals surface area contributed by atoms with Gasteiger partial charge in [-0.3, -0.25) is 24.0 Å². The zero-order valence-electron chi connectivity index (χ0n) is 22.3. The van der Waals surface area contributed by atoms with Gasteiger partial charge in [0.1, 0.15) is 24.9 Å². The molecule has 212 valence electrons. The number of halogens is 2. The van der Waals surface area contributed by atoms with Crippen molar-refractivity contribution in [3.8, 4) is 5.69 Å². The molecule has 2 aromatic heterocycles. The van der Waals surface area contributed by atoms with E-state index < -0.39 is 36.1 Å². The minimum Gasteiger partial charge on any atom is -0.324 e. The first kappa shape index (κ1) is 27.1. The van der Waals surface area contributed by atoms with Crippen molar-refractivity contribution >= 4 is 51.6 Å².